The molecule has 4 rings (SSSR count). The Labute approximate surface area is 181 Å². The van der Waals surface area contributed by atoms with Gasteiger partial charge in [-0.3, -0.25) is 14.2 Å². The zero-order valence-electron chi connectivity index (χ0n) is 15.6. The van der Waals surface area contributed by atoms with Gasteiger partial charge in [-0.05, 0) is 49.2 Å². The monoisotopic (exact) mass is 475 g/mol. The first-order valence-corrected chi connectivity index (χ1v) is 10.6. The van der Waals surface area contributed by atoms with E-state index in [0.29, 0.717) is 33.9 Å². The van der Waals surface area contributed by atoms with Crippen LogP contribution in [0.3, 0.4) is 0 Å². The second kappa shape index (κ2) is 8.55. The van der Waals surface area contributed by atoms with Crippen LogP contribution in [0.25, 0.3) is 10.9 Å². The molecule has 0 bridgehead atoms. The number of ether oxygens (including phenoxy) is 1. The molecule has 150 valence electrons. The highest BCUT2D eigenvalue weighted by Crippen LogP contribution is 2.25. The van der Waals surface area contributed by atoms with E-state index in [0.717, 1.165) is 36.0 Å². The van der Waals surface area contributed by atoms with Gasteiger partial charge in [0, 0.05) is 17.4 Å². The molecule has 0 unspecified atom stereocenters. The van der Waals surface area contributed by atoms with Crippen molar-refractivity contribution < 1.29 is 9.53 Å². The lowest BCUT2D eigenvalue weighted by Gasteiger charge is -2.12. The van der Waals surface area contributed by atoms with Crippen LogP contribution >= 0.6 is 27.5 Å². The molecule has 0 spiro atoms. The van der Waals surface area contributed by atoms with E-state index in [9.17, 15) is 9.59 Å². The smallest absolute Gasteiger partial charge is 0.262 e. The van der Waals surface area contributed by atoms with Gasteiger partial charge in [0.25, 0.3) is 11.5 Å². The summed E-state index contributed by atoms with van der Waals surface area (Å²) in [6.45, 7) is 0.496. The molecule has 0 atom stereocenters. The number of anilines is 1. The molecule has 1 aliphatic heterocycles. The van der Waals surface area contributed by atoms with Crippen molar-refractivity contribution in [2.75, 3.05) is 11.9 Å². The number of fused-ring (bicyclic) bond motifs is 2. The van der Waals surface area contributed by atoms with E-state index in [1.807, 2.05) is 0 Å². The molecule has 0 aliphatic carbocycles. The van der Waals surface area contributed by atoms with E-state index in [1.165, 1.54) is 0 Å². The Kier molecular flexibility index (Phi) is 5.87. The summed E-state index contributed by atoms with van der Waals surface area (Å²) in [5.41, 5.74) is 1.11. The Bertz CT molecular complexity index is 1150. The van der Waals surface area contributed by atoms with Crippen molar-refractivity contribution in [2.24, 2.45) is 0 Å². The van der Waals surface area contributed by atoms with E-state index < -0.39 is 0 Å². The highest BCUT2D eigenvalue weighted by atomic mass is 79.9. The summed E-state index contributed by atoms with van der Waals surface area (Å²) in [6.07, 6.45) is 3.96. The zero-order chi connectivity index (χ0) is 20.4. The largest absolute Gasteiger partial charge is 0.484 e. The molecule has 3 aromatic rings. The fourth-order valence-electron chi connectivity index (χ4n) is 3.41. The Morgan fingerprint density at radius 3 is 2.90 bits per heavy atom. The third-order valence-corrected chi connectivity index (χ3v) is 5.67. The van der Waals surface area contributed by atoms with E-state index in [-0.39, 0.29) is 18.1 Å². The first-order valence-electron chi connectivity index (χ1n) is 9.42. The summed E-state index contributed by atoms with van der Waals surface area (Å²) in [5, 5.41) is 3.64. The topological polar surface area (TPSA) is 73.2 Å². The van der Waals surface area contributed by atoms with E-state index in [4.69, 9.17) is 16.3 Å². The number of carbonyl (C=O) groups excluding carboxylic acids is 1. The second-order valence-corrected chi connectivity index (χ2v) is 8.26. The van der Waals surface area contributed by atoms with Crippen molar-refractivity contribution >= 4 is 50.0 Å². The maximum atomic E-state index is 12.9. The Morgan fingerprint density at radius 1 is 1.21 bits per heavy atom. The predicted molar refractivity (Wildman–Crippen MR) is 117 cm³/mol. The van der Waals surface area contributed by atoms with Gasteiger partial charge >= 0.3 is 0 Å². The number of carbonyl (C=O) groups is 1. The lowest BCUT2D eigenvalue weighted by atomic mass is 10.2. The number of benzene rings is 2. The van der Waals surface area contributed by atoms with Gasteiger partial charge in [0.15, 0.2) is 6.61 Å². The van der Waals surface area contributed by atoms with Crippen LogP contribution in [0, 0.1) is 0 Å². The van der Waals surface area contributed by atoms with E-state index >= 15 is 0 Å². The fraction of sp³-hybridized carbons (Fsp3) is 0.286. The summed E-state index contributed by atoms with van der Waals surface area (Å²) >= 11 is 9.44. The van der Waals surface area contributed by atoms with Crippen molar-refractivity contribution in [3.8, 4) is 5.75 Å². The SMILES string of the molecule is O=C(COc1ccc2nc3n(c(=O)c2c1)CCCCC3)Nc1ccc(Br)cc1Cl. The summed E-state index contributed by atoms with van der Waals surface area (Å²) in [7, 11) is 0. The maximum Gasteiger partial charge on any atom is 0.262 e. The molecule has 2 aromatic carbocycles. The molecule has 0 saturated heterocycles. The number of rotatable bonds is 4. The molecular formula is C21H19BrClN3O3. The number of amides is 1. The number of hydrogen-bond acceptors (Lipinski definition) is 4. The number of halogens is 2. The van der Waals surface area contributed by atoms with Gasteiger partial charge in [-0.25, -0.2) is 4.98 Å². The van der Waals surface area contributed by atoms with Gasteiger partial charge in [0.05, 0.1) is 21.6 Å². The fourth-order valence-corrected chi connectivity index (χ4v) is 4.13. The molecular weight excluding hydrogens is 458 g/mol. The summed E-state index contributed by atoms with van der Waals surface area (Å²) in [4.78, 5) is 29.7. The minimum absolute atomic E-state index is 0.0524. The van der Waals surface area contributed by atoms with Crippen molar-refractivity contribution in [3.05, 3.63) is 62.1 Å². The van der Waals surface area contributed by atoms with Crippen LogP contribution in [0.4, 0.5) is 5.69 Å². The Balaban J connectivity index is 1.50. The standard InChI is InChI=1S/C21H19BrClN3O3/c22-13-5-7-18(16(23)10-13)25-20(27)12-29-14-6-8-17-15(11-14)21(28)26-9-3-1-2-4-19(26)24-17/h5-8,10-11H,1-4,9,12H2,(H,25,27). The minimum Gasteiger partial charge on any atom is -0.484 e. The van der Waals surface area contributed by atoms with Crippen LogP contribution in [0.1, 0.15) is 25.1 Å². The van der Waals surface area contributed by atoms with Gasteiger partial charge in [-0.15, -0.1) is 0 Å². The zero-order valence-corrected chi connectivity index (χ0v) is 17.9. The average molecular weight is 477 g/mol. The molecule has 0 radical (unpaired) electrons. The molecule has 0 fully saturated rings. The molecule has 0 saturated carbocycles. The van der Waals surface area contributed by atoms with Crippen molar-refractivity contribution in [2.45, 2.75) is 32.2 Å². The predicted octanol–water partition coefficient (Wildman–Crippen LogP) is 4.56. The van der Waals surface area contributed by atoms with Crippen LogP contribution in [-0.4, -0.2) is 22.1 Å². The van der Waals surface area contributed by atoms with Gasteiger partial charge in [-0.2, -0.15) is 0 Å². The third kappa shape index (κ3) is 4.46. The molecule has 8 heteroatoms. The third-order valence-electron chi connectivity index (χ3n) is 4.86. The quantitative estimate of drug-likeness (QED) is 0.599. The van der Waals surface area contributed by atoms with Crippen molar-refractivity contribution in [1.82, 2.24) is 9.55 Å². The molecule has 2 heterocycles. The van der Waals surface area contributed by atoms with Gasteiger partial charge < -0.3 is 10.1 Å². The highest BCUT2D eigenvalue weighted by Gasteiger charge is 2.14. The van der Waals surface area contributed by atoms with Crippen LogP contribution in [0.15, 0.2) is 45.7 Å². The number of nitrogens with one attached hydrogen (secondary N) is 1. The minimum atomic E-state index is -0.342. The number of aromatic nitrogens is 2. The Hall–Kier alpha value is -2.38. The normalized spacial score (nSPS) is 13.6. The van der Waals surface area contributed by atoms with E-state index in [1.54, 1.807) is 41.0 Å². The molecule has 1 amide bonds. The Morgan fingerprint density at radius 2 is 2.07 bits per heavy atom. The molecule has 29 heavy (non-hydrogen) atoms. The van der Waals surface area contributed by atoms with Gasteiger partial charge in [-0.1, -0.05) is 34.0 Å². The summed E-state index contributed by atoms with van der Waals surface area (Å²) < 4.78 is 8.19. The van der Waals surface area contributed by atoms with Crippen LogP contribution in [0.5, 0.6) is 5.75 Å². The number of nitrogens with zero attached hydrogens (tertiary/aromatic N) is 2. The van der Waals surface area contributed by atoms with Gasteiger partial charge in [0.1, 0.15) is 11.6 Å². The summed E-state index contributed by atoms with van der Waals surface area (Å²) in [5.74, 6) is 0.952. The van der Waals surface area contributed by atoms with Crippen molar-refractivity contribution in [1.29, 1.82) is 0 Å². The average Bonchev–Trinajstić information content (AvgIpc) is 2.95. The summed E-state index contributed by atoms with van der Waals surface area (Å²) in [6, 6.07) is 10.3. The maximum absolute atomic E-state index is 12.9. The lowest BCUT2D eigenvalue weighted by molar-refractivity contribution is -0.118. The van der Waals surface area contributed by atoms with Gasteiger partial charge in [0.2, 0.25) is 0 Å². The second-order valence-electron chi connectivity index (χ2n) is 6.94. The number of aryl methyl sites for hydroxylation is 1. The molecule has 1 aliphatic rings. The highest BCUT2D eigenvalue weighted by molar-refractivity contribution is 9.10. The molecule has 1 aromatic heterocycles. The number of hydrogen-bond donors (Lipinski definition) is 1. The van der Waals surface area contributed by atoms with Crippen LogP contribution in [0.2, 0.25) is 5.02 Å². The van der Waals surface area contributed by atoms with Crippen molar-refractivity contribution in [3.63, 3.8) is 0 Å². The first-order chi connectivity index (χ1) is 14.0. The first kappa shape index (κ1) is 19.9. The van der Waals surface area contributed by atoms with Crippen LogP contribution < -0.4 is 15.6 Å². The van der Waals surface area contributed by atoms with Crippen LogP contribution in [-0.2, 0) is 17.8 Å². The lowest BCUT2D eigenvalue weighted by Crippen LogP contribution is -2.24. The molecule has 1 N–H and O–H groups in total. The van der Waals surface area contributed by atoms with E-state index in [2.05, 4.69) is 26.2 Å². The molecule has 6 nitrogen and oxygen atoms in total.